The van der Waals surface area contributed by atoms with Gasteiger partial charge >= 0.3 is 5.97 Å². The lowest BCUT2D eigenvalue weighted by atomic mass is 9.85. The molecule has 0 atom stereocenters. The molecule has 0 heterocycles. The first kappa shape index (κ1) is 21.8. The molecule has 0 aliphatic heterocycles. The number of esters is 1. The van der Waals surface area contributed by atoms with Gasteiger partial charge in [0.1, 0.15) is 28.8 Å². The number of hydrogen-bond acceptors (Lipinski definition) is 6. The van der Waals surface area contributed by atoms with Gasteiger partial charge in [0.15, 0.2) is 0 Å². The van der Waals surface area contributed by atoms with E-state index in [1.165, 1.54) is 49.6 Å². The number of hydrogen-bond donors (Lipinski definition) is 0. The second-order valence-corrected chi connectivity index (χ2v) is 7.22. The quantitative estimate of drug-likeness (QED) is 0.271. The zero-order valence-electron chi connectivity index (χ0n) is 17.1. The Morgan fingerprint density at radius 1 is 0.871 bits per heavy atom. The van der Waals surface area contributed by atoms with Crippen LogP contribution >= 0.6 is 0 Å². The lowest BCUT2D eigenvalue weighted by Gasteiger charge is -2.22. The van der Waals surface area contributed by atoms with Crippen LogP contribution in [0.15, 0.2) is 66.7 Å². The third kappa shape index (κ3) is 5.16. The number of halogens is 1. The van der Waals surface area contributed by atoms with Crippen LogP contribution in [-0.4, -0.2) is 18.0 Å². The summed E-state index contributed by atoms with van der Waals surface area (Å²) in [6, 6.07) is 16.0. The van der Waals surface area contributed by atoms with Gasteiger partial charge in [-0.15, -0.1) is 0 Å². The third-order valence-electron chi connectivity index (χ3n) is 4.63. The molecule has 8 heteroatoms. The van der Waals surface area contributed by atoms with Crippen LogP contribution in [0, 0.1) is 15.9 Å². The number of nitrogens with zero attached hydrogens (tertiary/aromatic N) is 1. The lowest BCUT2D eigenvalue weighted by molar-refractivity contribution is -0.385. The molecule has 3 aromatic carbocycles. The van der Waals surface area contributed by atoms with Gasteiger partial charge < -0.3 is 14.2 Å². The number of rotatable bonds is 7. The highest BCUT2D eigenvalue weighted by molar-refractivity contribution is 5.82. The van der Waals surface area contributed by atoms with E-state index in [2.05, 4.69) is 0 Å². The van der Waals surface area contributed by atoms with Crippen LogP contribution in [0.4, 0.5) is 10.1 Å². The summed E-state index contributed by atoms with van der Waals surface area (Å²) in [5.74, 6) is 0.294. The second kappa shape index (κ2) is 8.83. The Hall–Kier alpha value is -3.94. The summed E-state index contributed by atoms with van der Waals surface area (Å²) in [6.45, 7) is 3.49. The van der Waals surface area contributed by atoms with E-state index in [0.29, 0.717) is 11.5 Å². The van der Waals surface area contributed by atoms with Crippen molar-refractivity contribution in [2.24, 2.45) is 0 Å². The van der Waals surface area contributed by atoms with Crippen LogP contribution in [0.5, 0.6) is 23.0 Å². The number of carbonyl (C=O) groups excluding carboxylic acids is 1. The predicted octanol–water partition coefficient (Wildman–Crippen LogP) is 5.77. The van der Waals surface area contributed by atoms with Gasteiger partial charge in [0.05, 0.1) is 29.6 Å². The van der Waals surface area contributed by atoms with Gasteiger partial charge in [0.2, 0.25) is 0 Å². The Bertz CT molecular complexity index is 1090. The number of carbonyl (C=O) groups is 1. The first-order valence-electron chi connectivity index (χ1n) is 9.29. The topological polar surface area (TPSA) is 87.9 Å². The van der Waals surface area contributed by atoms with Crippen molar-refractivity contribution in [2.45, 2.75) is 19.3 Å². The molecule has 0 saturated heterocycles. The lowest BCUT2D eigenvalue weighted by Crippen LogP contribution is -2.30. The summed E-state index contributed by atoms with van der Waals surface area (Å²) >= 11 is 0. The highest BCUT2D eigenvalue weighted by Gasteiger charge is 2.30. The molecular weight excluding hydrogens is 405 g/mol. The van der Waals surface area contributed by atoms with Gasteiger partial charge in [0.25, 0.3) is 5.69 Å². The SMILES string of the molecule is COC(=O)C(C)(C)c1ccc(Oc2cc(Oc3ccc(F)cc3)cc([N+](=O)[O-])c2)cc1. The Morgan fingerprint density at radius 2 is 1.35 bits per heavy atom. The fourth-order valence-corrected chi connectivity index (χ4v) is 2.87. The Morgan fingerprint density at radius 3 is 1.81 bits per heavy atom. The molecule has 0 N–H and O–H groups in total. The number of non-ortho nitro benzene ring substituents is 1. The molecule has 3 aromatic rings. The molecule has 0 aliphatic carbocycles. The minimum atomic E-state index is -0.838. The zero-order valence-corrected chi connectivity index (χ0v) is 17.1. The molecule has 0 aromatic heterocycles. The van der Waals surface area contributed by atoms with E-state index < -0.39 is 16.2 Å². The monoisotopic (exact) mass is 425 g/mol. The van der Waals surface area contributed by atoms with Crippen molar-refractivity contribution in [2.75, 3.05) is 7.11 Å². The summed E-state index contributed by atoms with van der Waals surface area (Å²) in [5, 5.41) is 11.3. The second-order valence-electron chi connectivity index (χ2n) is 7.22. The van der Waals surface area contributed by atoms with Crippen molar-refractivity contribution >= 4 is 11.7 Å². The average Bonchev–Trinajstić information content (AvgIpc) is 2.75. The number of benzene rings is 3. The van der Waals surface area contributed by atoms with Crippen molar-refractivity contribution in [3.8, 4) is 23.0 Å². The van der Waals surface area contributed by atoms with Gasteiger partial charge in [-0.3, -0.25) is 14.9 Å². The van der Waals surface area contributed by atoms with Gasteiger partial charge in [0, 0.05) is 6.07 Å². The van der Waals surface area contributed by atoms with Crippen molar-refractivity contribution in [1.82, 2.24) is 0 Å². The Balaban J connectivity index is 1.85. The molecule has 0 spiro atoms. The van der Waals surface area contributed by atoms with E-state index in [9.17, 15) is 19.3 Å². The summed E-state index contributed by atoms with van der Waals surface area (Å²) in [5.41, 5.74) is -0.334. The highest BCUT2D eigenvalue weighted by Crippen LogP contribution is 2.34. The first-order chi connectivity index (χ1) is 14.7. The minimum Gasteiger partial charge on any atom is -0.468 e. The van der Waals surface area contributed by atoms with E-state index in [1.807, 2.05) is 0 Å². The fourth-order valence-electron chi connectivity index (χ4n) is 2.87. The molecule has 31 heavy (non-hydrogen) atoms. The van der Waals surface area contributed by atoms with Crippen LogP contribution in [0.1, 0.15) is 19.4 Å². The maximum Gasteiger partial charge on any atom is 0.315 e. The summed E-state index contributed by atoms with van der Waals surface area (Å²) in [4.78, 5) is 22.7. The number of nitro benzene ring substituents is 1. The van der Waals surface area contributed by atoms with Gasteiger partial charge in [-0.25, -0.2) is 4.39 Å². The molecule has 0 amide bonds. The standard InChI is InChI=1S/C23H20FNO6/c1-23(2,22(26)29-3)15-4-8-18(9-5-15)30-20-12-17(25(27)28)13-21(14-20)31-19-10-6-16(24)7-11-19/h4-14H,1-3H3. The first-order valence-corrected chi connectivity index (χ1v) is 9.29. The highest BCUT2D eigenvalue weighted by atomic mass is 19.1. The van der Waals surface area contributed by atoms with Gasteiger partial charge in [-0.1, -0.05) is 12.1 Å². The van der Waals surface area contributed by atoms with Crippen LogP contribution in [-0.2, 0) is 14.9 Å². The zero-order chi connectivity index (χ0) is 22.6. The molecule has 0 radical (unpaired) electrons. The summed E-state index contributed by atoms with van der Waals surface area (Å²) in [7, 11) is 1.33. The van der Waals surface area contributed by atoms with Gasteiger partial charge in [-0.2, -0.15) is 0 Å². The molecule has 0 bridgehead atoms. The van der Waals surface area contributed by atoms with Crippen LogP contribution in [0.3, 0.4) is 0 Å². The Kier molecular flexibility index (Phi) is 6.20. The summed E-state index contributed by atoms with van der Waals surface area (Å²) < 4.78 is 29.3. The molecule has 0 unspecified atom stereocenters. The molecule has 0 aliphatic rings. The van der Waals surface area contributed by atoms with E-state index >= 15 is 0 Å². The molecule has 7 nitrogen and oxygen atoms in total. The van der Waals surface area contributed by atoms with Crippen LogP contribution < -0.4 is 9.47 Å². The fraction of sp³-hybridized carbons (Fsp3) is 0.174. The third-order valence-corrected chi connectivity index (χ3v) is 4.63. The van der Waals surface area contributed by atoms with Crippen molar-refractivity contribution < 1.29 is 28.3 Å². The minimum absolute atomic E-state index is 0.166. The van der Waals surface area contributed by atoms with E-state index in [4.69, 9.17) is 14.2 Å². The molecule has 160 valence electrons. The number of methoxy groups -OCH3 is 1. The Labute approximate surface area is 178 Å². The van der Waals surface area contributed by atoms with Crippen molar-refractivity contribution in [3.63, 3.8) is 0 Å². The maximum absolute atomic E-state index is 13.1. The van der Waals surface area contributed by atoms with E-state index in [0.717, 1.165) is 5.56 Å². The number of nitro groups is 1. The smallest absolute Gasteiger partial charge is 0.315 e. The van der Waals surface area contributed by atoms with Crippen LogP contribution in [0.2, 0.25) is 0 Å². The average molecular weight is 425 g/mol. The molecular formula is C23H20FNO6. The molecule has 3 rings (SSSR count). The van der Waals surface area contributed by atoms with E-state index in [1.54, 1.807) is 38.1 Å². The summed E-state index contributed by atoms with van der Waals surface area (Å²) in [6.07, 6.45) is 0. The van der Waals surface area contributed by atoms with Gasteiger partial charge in [-0.05, 0) is 55.8 Å². The molecule has 0 saturated carbocycles. The van der Waals surface area contributed by atoms with Crippen LogP contribution in [0.25, 0.3) is 0 Å². The van der Waals surface area contributed by atoms with Crippen molar-refractivity contribution in [1.29, 1.82) is 0 Å². The molecule has 0 fully saturated rings. The predicted molar refractivity (Wildman–Crippen MR) is 111 cm³/mol. The number of ether oxygens (including phenoxy) is 3. The maximum atomic E-state index is 13.1. The normalized spacial score (nSPS) is 11.0. The van der Waals surface area contributed by atoms with Crippen molar-refractivity contribution in [3.05, 3.63) is 88.2 Å². The van der Waals surface area contributed by atoms with E-state index in [-0.39, 0.29) is 23.2 Å². The largest absolute Gasteiger partial charge is 0.468 e.